The highest BCUT2D eigenvalue weighted by Gasteiger charge is 2.25. The maximum absolute atomic E-state index is 11.0. The summed E-state index contributed by atoms with van der Waals surface area (Å²) < 4.78 is 0. The molecule has 2 rings (SSSR count). The van der Waals surface area contributed by atoms with Crippen molar-refractivity contribution in [3.05, 3.63) is 41.5 Å². The standard InChI is InChI=1S/C14H16BrNO2/c15-10-12-5-3-11(4-6-12)7-8-13-2-1-9-16(13)14(17)18/h3-8,13H,1-2,9-10H2,(H,17,18)/b8-7+. The van der Waals surface area contributed by atoms with Gasteiger partial charge in [0.05, 0.1) is 6.04 Å². The van der Waals surface area contributed by atoms with E-state index in [-0.39, 0.29) is 6.04 Å². The fourth-order valence-corrected chi connectivity index (χ4v) is 2.54. The zero-order valence-electron chi connectivity index (χ0n) is 10.1. The Kier molecular flexibility index (Phi) is 4.42. The van der Waals surface area contributed by atoms with Crippen LogP contribution in [0, 0.1) is 0 Å². The fraction of sp³-hybridized carbons (Fsp3) is 0.357. The van der Waals surface area contributed by atoms with Gasteiger partial charge in [-0.25, -0.2) is 4.79 Å². The lowest BCUT2D eigenvalue weighted by Gasteiger charge is -2.17. The summed E-state index contributed by atoms with van der Waals surface area (Å²) in [6.07, 6.45) is 5.04. The van der Waals surface area contributed by atoms with Crippen LogP contribution in [0.4, 0.5) is 4.79 Å². The number of likely N-dealkylation sites (tertiary alicyclic amines) is 1. The average molecular weight is 310 g/mol. The fourth-order valence-electron chi connectivity index (χ4n) is 2.17. The van der Waals surface area contributed by atoms with Gasteiger partial charge in [0.1, 0.15) is 0 Å². The smallest absolute Gasteiger partial charge is 0.407 e. The van der Waals surface area contributed by atoms with E-state index in [9.17, 15) is 4.79 Å². The van der Waals surface area contributed by atoms with Crippen LogP contribution in [0.1, 0.15) is 24.0 Å². The Morgan fingerprint density at radius 3 is 2.78 bits per heavy atom. The number of hydrogen-bond donors (Lipinski definition) is 1. The predicted molar refractivity (Wildman–Crippen MR) is 75.9 cm³/mol. The maximum Gasteiger partial charge on any atom is 0.407 e. The molecule has 3 nitrogen and oxygen atoms in total. The highest BCUT2D eigenvalue weighted by atomic mass is 79.9. The lowest BCUT2D eigenvalue weighted by molar-refractivity contribution is 0.147. The second-order valence-corrected chi connectivity index (χ2v) is 4.98. The monoisotopic (exact) mass is 309 g/mol. The van der Waals surface area contributed by atoms with Gasteiger partial charge < -0.3 is 10.0 Å². The van der Waals surface area contributed by atoms with Gasteiger partial charge in [0, 0.05) is 11.9 Å². The van der Waals surface area contributed by atoms with Gasteiger partial charge in [0.2, 0.25) is 0 Å². The number of rotatable bonds is 3. The molecule has 1 amide bonds. The second kappa shape index (κ2) is 6.05. The number of alkyl halides is 1. The van der Waals surface area contributed by atoms with Crippen molar-refractivity contribution in [1.29, 1.82) is 0 Å². The number of carbonyl (C=O) groups is 1. The first-order chi connectivity index (χ1) is 8.70. The number of halogens is 1. The van der Waals surface area contributed by atoms with Crippen LogP contribution < -0.4 is 0 Å². The molecule has 1 unspecified atom stereocenters. The van der Waals surface area contributed by atoms with Crippen molar-refractivity contribution < 1.29 is 9.90 Å². The Bertz CT molecular complexity index is 442. The second-order valence-electron chi connectivity index (χ2n) is 4.42. The number of benzene rings is 1. The van der Waals surface area contributed by atoms with Crippen molar-refractivity contribution in [2.75, 3.05) is 6.54 Å². The first kappa shape index (κ1) is 13.1. The van der Waals surface area contributed by atoms with Crippen molar-refractivity contribution in [3.63, 3.8) is 0 Å². The number of amides is 1. The molecule has 1 N–H and O–H groups in total. The van der Waals surface area contributed by atoms with Gasteiger partial charge in [0.15, 0.2) is 0 Å². The normalized spacial score (nSPS) is 19.6. The molecule has 0 aliphatic carbocycles. The molecule has 1 atom stereocenters. The summed E-state index contributed by atoms with van der Waals surface area (Å²) in [4.78, 5) is 12.5. The van der Waals surface area contributed by atoms with E-state index in [0.717, 1.165) is 23.7 Å². The van der Waals surface area contributed by atoms with Crippen molar-refractivity contribution >= 4 is 28.1 Å². The molecule has 96 valence electrons. The minimum absolute atomic E-state index is 0.0263. The van der Waals surface area contributed by atoms with Gasteiger partial charge in [-0.3, -0.25) is 0 Å². The summed E-state index contributed by atoms with van der Waals surface area (Å²) in [7, 11) is 0. The summed E-state index contributed by atoms with van der Waals surface area (Å²) in [5, 5.41) is 9.89. The zero-order valence-corrected chi connectivity index (χ0v) is 11.6. The van der Waals surface area contributed by atoms with Gasteiger partial charge in [-0.15, -0.1) is 0 Å². The minimum atomic E-state index is -0.822. The minimum Gasteiger partial charge on any atom is -0.465 e. The van der Waals surface area contributed by atoms with Crippen LogP contribution in [0.2, 0.25) is 0 Å². The molecule has 0 radical (unpaired) electrons. The quantitative estimate of drug-likeness (QED) is 0.864. The van der Waals surface area contributed by atoms with Gasteiger partial charge >= 0.3 is 6.09 Å². The molecule has 1 aliphatic heterocycles. The molecular weight excluding hydrogens is 294 g/mol. The molecular formula is C14H16BrNO2. The molecule has 18 heavy (non-hydrogen) atoms. The molecule has 0 aromatic heterocycles. The SMILES string of the molecule is O=C(O)N1CCCC1/C=C/c1ccc(CBr)cc1. The van der Waals surface area contributed by atoms with Crippen LogP contribution in [-0.4, -0.2) is 28.7 Å². The Morgan fingerprint density at radius 2 is 2.17 bits per heavy atom. The molecule has 1 fully saturated rings. The predicted octanol–water partition coefficient (Wildman–Crippen LogP) is 3.74. The molecule has 1 saturated heterocycles. The highest BCUT2D eigenvalue weighted by Crippen LogP contribution is 2.19. The maximum atomic E-state index is 11.0. The molecule has 1 aromatic carbocycles. The number of carboxylic acid groups (broad SMARTS) is 1. The molecule has 0 saturated carbocycles. The lowest BCUT2D eigenvalue weighted by Crippen LogP contribution is -2.32. The largest absolute Gasteiger partial charge is 0.465 e. The molecule has 1 heterocycles. The topological polar surface area (TPSA) is 40.5 Å². The van der Waals surface area contributed by atoms with Crippen molar-refractivity contribution in [3.8, 4) is 0 Å². The highest BCUT2D eigenvalue weighted by molar-refractivity contribution is 9.08. The van der Waals surface area contributed by atoms with Crippen LogP contribution in [0.25, 0.3) is 6.08 Å². The van der Waals surface area contributed by atoms with E-state index in [1.807, 2.05) is 24.3 Å². The molecule has 0 spiro atoms. The average Bonchev–Trinajstić information content (AvgIpc) is 2.85. The van der Waals surface area contributed by atoms with Crippen LogP contribution in [-0.2, 0) is 5.33 Å². The number of hydrogen-bond acceptors (Lipinski definition) is 1. The Morgan fingerprint density at radius 1 is 1.44 bits per heavy atom. The Hall–Kier alpha value is -1.29. The molecule has 1 aliphatic rings. The third-order valence-corrected chi connectivity index (χ3v) is 3.84. The third-order valence-electron chi connectivity index (χ3n) is 3.19. The third kappa shape index (κ3) is 3.13. The van der Waals surface area contributed by atoms with Crippen LogP contribution in [0.15, 0.2) is 30.3 Å². The first-order valence-electron chi connectivity index (χ1n) is 6.03. The van der Waals surface area contributed by atoms with E-state index in [0.29, 0.717) is 6.54 Å². The number of nitrogens with zero attached hydrogens (tertiary/aromatic N) is 1. The molecule has 4 heteroatoms. The van der Waals surface area contributed by atoms with E-state index in [1.165, 1.54) is 10.5 Å². The lowest BCUT2D eigenvalue weighted by atomic mass is 10.1. The van der Waals surface area contributed by atoms with Gasteiger partial charge in [0.25, 0.3) is 0 Å². The van der Waals surface area contributed by atoms with Gasteiger partial charge in [-0.05, 0) is 24.0 Å². The Labute approximate surface area is 115 Å². The Balaban J connectivity index is 2.03. The summed E-state index contributed by atoms with van der Waals surface area (Å²) >= 11 is 3.41. The van der Waals surface area contributed by atoms with Crippen LogP contribution in [0.5, 0.6) is 0 Å². The van der Waals surface area contributed by atoms with Crippen molar-refractivity contribution in [1.82, 2.24) is 4.90 Å². The summed E-state index contributed by atoms with van der Waals surface area (Å²) in [5.74, 6) is 0. The molecule has 1 aromatic rings. The van der Waals surface area contributed by atoms with Crippen LogP contribution >= 0.6 is 15.9 Å². The summed E-state index contributed by atoms with van der Waals surface area (Å²) in [6, 6.07) is 8.26. The van der Waals surface area contributed by atoms with Crippen LogP contribution in [0.3, 0.4) is 0 Å². The van der Waals surface area contributed by atoms with E-state index < -0.39 is 6.09 Å². The van der Waals surface area contributed by atoms with E-state index in [4.69, 9.17) is 5.11 Å². The summed E-state index contributed by atoms with van der Waals surface area (Å²) in [6.45, 7) is 0.646. The summed E-state index contributed by atoms with van der Waals surface area (Å²) in [5.41, 5.74) is 2.34. The van der Waals surface area contributed by atoms with Crippen molar-refractivity contribution in [2.24, 2.45) is 0 Å². The van der Waals surface area contributed by atoms with Crippen molar-refractivity contribution in [2.45, 2.75) is 24.2 Å². The van der Waals surface area contributed by atoms with Gasteiger partial charge in [-0.2, -0.15) is 0 Å². The van der Waals surface area contributed by atoms with Gasteiger partial charge in [-0.1, -0.05) is 52.3 Å². The first-order valence-corrected chi connectivity index (χ1v) is 7.15. The zero-order chi connectivity index (χ0) is 13.0. The van der Waals surface area contributed by atoms with E-state index in [1.54, 1.807) is 0 Å². The van der Waals surface area contributed by atoms with E-state index in [2.05, 4.69) is 28.1 Å². The molecule has 0 bridgehead atoms. The van der Waals surface area contributed by atoms with E-state index >= 15 is 0 Å².